The molecule has 57 heavy (non-hydrogen) atoms. The van der Waals surface area contributed by atoms with Gasteiger partial charge in [0.05, 0.1) is 40.1 Å². The van der Waals surface area contributed by atoms with Crippen LogP contribution < -0.4 is 24.7 Å². The van der Waals surface area contributed by atoms with E-state index in [1.165, 1.54) is 40.5 Å². The van der Waals surface area contributed by atoms with Gasteiger partial charge in [-0.2, -0.15) is 0 Å². The fraction of sp³-hybridized carbons (Fsp3) is 0.375. The topological polar surface area (TPSA) is 148 Å². The van der Waals surface area contributed by atoms with E-state index in [1.54, 1.807) is 30.3 Å². The van der Waals surface area contributed by atoms with Crippen LogP contribution in [-0.4, -0.2) is 85.3 Å². The van der Waals surface area contributed by atoms with Crippen LogP contribution in [0.2, 0.25) is 0 Å². The summed E-state index contributed by atoms with van der Waals surface area (Å²) in [7, 11) is -0.816. The summed E-state index contributed by atoms with van der Waals surface area (Å²) in [5.74, 6) is -0.338. The minimum Gasteiger partial charge on any atom is -0.471 e. The number of rotatable bonds is 9. The van der Waals surface area contributed by atoms with E-state index in [9.17, 15) is 18.4 Å². The second-order valence-electron chi connectivity index (χ2n) is 12.6. The quantitative estimate of drug-likeness (QED) is 0.117. The number of cyclic esters (lactones) is 2. The van der Waals surface area contributed by atoms with E-state index >= 15 is 0 Å². The van der Waals surface area contributed by atoms with Crippen molar-refractivity contribution in [3.05, 3.63) is 77.2 Å². The predicted molar refractivity (Wildman–Crippen MR) is 243 cm³/mol. The third-order valence-electron chi connectivity index (χ3n) is 8.43. The van der Waals surface area contributed by atoms with Crippen LogP contribution in [0.4, 0.5) is 29.7 Å². The third-order valence-corrected chi connectivity index (χ3v) is 9.07. The van der Waals surface area contributed by atoms with Crippen molar-refractivity contribution in [1.82, 2.24) is 10.3 Å². The first-order valence-electron chi connectivity index (χ1n) is 16.3. The Morgan fingerprint density at radius 2 is 1.19 bits per heavy atom. The number of halogens is 7. The monoisotopic (exact) mass is 1340 g/mol. The van der Waals surface area contributed by atoms with Crippen LogP contribution in [0.1, 0.15) is 27.7 Å². The molecule has 3 fully saturated rings. The van der Waals surface area contributed by atoms with Crippen molar-refractivity contribution in [1.29, 1.82) is 0 Å². The van der Waals surface area contributed by atoms with Crippen molar-refractivity contribution in [3.8, 4) is 11.8 Å². The largest absolute Gasteiger partial charge is 0.497 e. The molecule has 3 aliphatic rings. The van der Waals surface area contributed by atoms with Crippen molar-refractivity contribution in [2.45, 2.75) is 51.1 Å². The number of aromatic nitrogens is 2. The first kappa shape index (κ1) is 50.3. The van der Waals surface area contributed by atoms with Gasteiger partial charge in [0.2, 0.25) is 0 Å². The Kier molecular flexibility index (Phi) is 21.0. The average Bonchev–Trinajstić information content (AvgIpc) is 3.98. The van der Waals surface area contributed by atoms with Gasteiger partial charge in [0.1, 0.15) is 37.4 Å². The maximum absolute atomic E-state index is 14.8. The van der Waals surface area contributed by atoms with E-state index in [0.29, 0.717) is 27.6 Å². The molecule has 0 bridgehead atoms. The summed E-state index contributed by atoms with van der Waals surface area (Å²) in [6.45, 7) is 8.38. The second-order valence-corrected chi connectivity index (χ2v) is 20.7. The standard InChI is InChI=1S/C19H22BFN2O6.C13H10BrFN2O4.2BI2.V/c1-18(2)19(3,4)29-20(28-18)14-6-5-12(9-15(14)21)23-10-13(27-17(23)24)11-25-16-7-8-26-22-16;14-10-2-1-8(5-11(10)15)17-6-9(21-13(17)18)7-19-12-3-4-20-16-12;2*2-1-3;/h5-9,13H,10-11H2,1-4H3;1-5,9H,6-7H2;;;/t13-;9-;;;/m11.../s1. The Hall–Kier alpha value is -1.04. The van der Waals surface area contributed by atoms with Crippen LogP contribution in [0.15, 0.2) is 74.6 Å². The van der Waals surface area contributed by atoms with E-state index in [4.69, 9.17) is 28.3 Å². The van der Waals surface area contributed by atoms with E-state index in [1.807, 2.05) is 33.7 Å². The van der Waals surface area contributed by atoms with Gasteiger partial charge in [0.25, 0.3) is 17.7 Å². The molecule has 3 aliphatic heterocycles. The molecule has 2 amide bonds. The second kappa shape index (κ2) is 23.8. The van der Waals surface area contributed by atoms with E-state index in [0.717, 1.165) is 0 Å². The number of hydrogen-bond donors (Lipinski definition) is 0. The van der Waals surface area contributed by atoms with Gasteiger partial charge in [-0.05, 0) is 84.3 Å². The van der Waals surface area contributed by atoms with Crippen molar-refractivity contribution in [2.75, 3.05) is 36.1 Å². The predicted octanol–water partition coefficient (Wildman–Crippen LogP) is 8.28. The molecular formula is C32H32B3BrF2I4N4O10V. The molecule has 4 aromatic rings. The summed E-state index contributed by atoms with van der Waals surface area (Å²) in [6, 6.07) is 12.0. The van der Waals surface area contributed by atoms with E-state index in [-0.39, 0.29) is 50.3 Å². The van der Waals surface area contributed by atoms with Gasteiger partial charge in [-0.1, -0.05) is 6.07 Å². The Morgan fingerprint density at radius 1 is 0.772 bits per heavy atom. The Balaban J connectivity index is 0.000000274. The Labute approximate surface area is 403 Å². The minimum atomic E-state index is -0.816. The molecule has 0 spiro atoms. The number of benzene rings is 2. The van der Waals surface area contributed by atoms with Crippen molar-refractivity contribution in [3.63, 3.8) is 0 Å². The number of amides is 2. The molecule has 2 atom stereocenters. The van der Waals surface area contributed by atoms with Crippen molar-refractivity contribution >= 4 is 148 Å². The van der Waals surface area contributed by atoms with Gasteiger partial charge in [-0.3, -0.25) is 9.80 Å². The zero-order chi connectivity index (χ0) is 41.0. The number of hydrogen-bond acceptors (Lipinski definition) is 12. The SMILES string of the molecule is CC1(C)OB(c2ccc(N3C[C@H](COc4ccon4)OC3=O)cc2F)OC1(C)C.I[B]I.I[B]I.O=C1O[C@@H](COc2ccon2)CN1c1ccc(Br)c(F)c1.[V]. The van der Waals surface area contributed by atoms with Crippen LogP contribution in [0.5, 0.6) is 11.8 Å². The zero-order valence-electron chi connectivity index (χ0n) is 30.5. The van der Waals surface area contributed by atoms with Gasteiger partial charge in [-0.15, -0.1) is 89.5 Å². The first-order valence-corrected chi connectivity index (χ1v) is 22.1. The maximum Gasteiger partial charge on any atom is 0.497 e. The van der Waals surface area contributed by atoms with Crippen LogP contribution in [0, 0.1) is 11.6 Å². The molecule has 2 aromatic carbocycles. The van der Waals surface area contributed by atoms with Gasteiger partial charge < -0.3 is 37.3 Å². The molecule has 2 aromatic heterocycles. The summed E-state index contributed by atoms with van der Waals surface area (Å²) in [5.41, 5.74) is -0.0378. The van der Waals surface area contributed by atoms with Crippen molar-refractivity contribution in [2.24, 2.45) is 0 Å². The molecule has 303 valence electrons. The van der Waals surface area contributed by atoms with E-state index < -0.39 is 54.3 Å². The summed E-state index contributed by atoms with van der Waals surface area (Å²) in [6.07, 6.45) is 0.692. The summed E-state index contributed by atoms with van der Waals surface area (Å²) >= 11 is 11.7. The number of ether oxygens (including phenoxy) is 4. The minimum absolute atomic E-state index is 0. The zero-order valence-corrected chi connectivity index (χ0v) is 42.1. The molecule has 0 saturated carbocycles. The molecule has 0 N–H and O–H groups in total. The molecule has 7 rings (SSSR count). The number of carbonyl (C=O) groups is 2. The van der Waals surface area contributed by atoms with Crippen LogP contribution in [0.25, 0.3) is 0 Å². The summed E-state index contributed by atoms with van der Waals surface area (Å²) < 4.78 is 74.8. The van der Waals surface area contributed by atoms with Crippen LogP contribution in [-0.2, 0) is 37.3 Å². The molecule has 3 saturated heterocycles. The normalized spacial score (nSPS) is 18.7. The van der Waals surface area contributed by atoms with Crippen LogP contribution in [0.3, 0.4) is 0 Å². The Morgan fingerprint density at radius 3 is 1.58 bits per heavy atom. The van der Waals surface area contributed by atoms with Gasteiger partial charge in [0.15, 0.2) is 12.2 Å². The fourth-order valence-corrected chi connectivity index (χ4v) is 5.29. The molecule has 5 heterocycles. The van der Waals surface area contributed by atoms with Crippen molar-refractivity contribution < 1.29 is 74.2 Å². The van der Waals surface area contributed by atoms with Gasteiger partial charge in [-0.25, -0.2) is 18.4 Å². The molecule has 0 aliphatic carbocycles. The van der Waals surface area contributed by atoms with Gasteiger partial charge >= 0.3 is 19.3 Å². The average molecular weight is 1340 g/mol. The summed E-state index contributed by atoms with van der Waals surface area (Å²) in [5, 5.41) is 7.22. The smallest absolute Gasteiger partial charge is 0.471 e. The molecule has 0 unspecified atom stereocenters. The molecule has 25 heteroatoms. The fourth-order valence-electron chi connectivity index (χ4n) is 5.04. The Bertz CT molecular complexity index is 1870. The maximum atomic E-state index is 14.8. The molecule has 14 nitrogen and oxygen atoms in total. The number of anilines is 2. The summed E-state index contributed by atoms with van der Waals surface area (Å²) in [4.78, 5) is 26.7. The third kappa shape index (κ3) is 14.3. The van der Waals surface area contributed by atoms with E-state index in [2.05, 4.69) is 125 Å². The number of nitrogens with zero attached hydrogens (tertiary/aromatic N) is 4. The molecule has 3 radical (unpaired) electrons. The molecular weight excluding hydrogens is 1310 g/mol. The first-order chi connectivity index (χ1) is 26.6. The number of carbonyl (C=O) groups excluding carboxylic acids is 2. The van der Waals surface area contributed by atoms with Gasteiger partial charge in [0, 0.05) is 36.2 Å². The van der Waals surface area contributed by atoms with Crippen LogP contribution >= 0.6 is 105 Å².